The molecule has 1 atom stereocenters. The first kappa shape index (κ1) is 17.0. The van der Waals surface area contributed by atoms with Gasteiger partial charge in [-0.25, -0.2) is 4.79 Å². The van der Waals surface area contributed by atoms with Gasteiger partial charge >= 0.3 is 5.97 Å². The summed E-state index contributed by atoms with van der Waals surface area (Å²) in [5.41, 5.74) is 1.00. The first-order valence-electron chi connectivity index (χ1n) is 7.79. The van der Waals surface area contributed by atoms with E-state index in [4.69, 9.17) is 4.74 Å². The highest BCUT2D eigenvalue weighted by atomic mass is 16.5. The standard InChI is InChI=1S/C17H22N2O4/c1-4-18(5-2)16(21)13-10-15(20)19(11-13)14-8-6-7-12(9-14)17(22)23-3/h6-9,13H,4-5,10-11H2,1-3H3. The van der Waals surface area contributed by atoms with E-state index >= 15 is 0 Å². The molecule has 6 nitrogen and oxygen atoms in total. The van der Waals surface area contributed by atoms with Crippen molar-refractivity contribution < 1.29 is 19.1 Å². The molecule has 1 unspecified atom stereocenters. The van der Waals surface area contributed by atoms with Gasteiger partial charge in [0.2, 0.25) is 11.8 Å². The van der Waals surface area contributed by atoms with Gasteiger partial charge in [0.05, 0.1) is 18.6 Å². The summed E-state index contributed by atoms with van der Waals surface area (Å²) in [7, 11) is 1.31. The minimum Gasteiger partial charge on any atom is -0.465 e. The van der Waals surface area contributed by atoms with E-state index in [1.807, 2.05) is 13.8 Å². The van der Waals surface area contributed by atoms with Gasteiger partial charge in [0.15, 0.2) is 0 Å². The van der Waals surface area contributed by atoms with Crippen LogP contribution in [0.15, 0.2) is 24.3 Å². The predicted molar refractivity (Wildman–Crippen MR) is 86.2 cm³/mol. The maximum atomic E-state index is 12.4. The summed E-state index contributed by atoms with van der Waals surface area (Å²) in [5.74, 6) is -0.869. The number of hydrogen-bond donors (Lipinski definition) is 0. The van der Waals surface area contributed by atoms with Crippen LogP contribution < -0.4 is 4.90 Å². The summed E-state index contributed by atoms with van der Waals surface area (Å²) >= 11 is 0. The summed E-state index contributed by atoms with van der Waals surface area (Å²) in [6.07, 6.45) is 0.206. The van der Waals surface area contributed by atoms with Crippen LogP contribution in [0.3, 0.4) is 0 Å². The zero-order chi connectivity index (χ0) is 17.0. The van der Waals surface area contributed by atoms with Gasteiger partial charge in [0.1, 0.15) is 0 Å². The van der Waals surface area contributed by atoms with Gasteiger partial charge in [0.25, 0.3) is 0 Å². The SMILES string of the molecule is CCN(CC)C(=O)C1CC(=O)N(c2cccc(C(=O)OC)c2)C1. The van der Waals surface area contributed by atoms with Crippen LogP contribution in [0.1, 0.15) is 30.6 Å². The Morgan fingerprint density at radius 2 is 2.00 bits per heavy atom. The van der Waals surface area contributed by atoms with Gasteiger partial charge in [0, 0.05) is 31.7 Å². The van der Waals surface area contributed by atoms with Gasteiger partial charge in [-0.1, -0.05) is 6.07 Å². The molecule has 0 aliphatic carbocycles. The van der Waals surface area contributed by atoms with Crippen molar-refractivity contribution in [1.29, 1.82) is 0 Å². The molecule has 1 fully saturated rings. The molecule has 1 saturated heterocycles. The Morgan fingerprint density at radius 3 is 2.61 bits per heavy atom. The molecular formula is C17H22N2O4. The quantitative estimate of drug-likeness (QED) is 0.775. The Labute approximate surface area is 136 Å². The first-order chi connectivity index (χ1) is 11.0. The fourth-order valence-corrected chi connectivity index (χ4v) is 2.83. The summed E-state index contributed by atoms with van der Waals surface area (Å²) in [6, 6.07) is 6.71. The van der Waals surface area contributed by atoms with Gasteiger partial charge < -0.3 is 14.5 Å². The Bertz CT molecular complexity index is 610. The van der Waals surface area contributed by atoms with Gasteiger partial charge in [-0.2, -0.15) is 0 Å². The molecule has 0 bridgehead atoms. The number of benzene rings is 1. The second kappa shape index (κ2) is 7.26. The highest BCUT2D eigenvalue weighted by Crippen LogP contribution is 2.27. The third-order valence-corrected chi connectivity index (χ3v) is 4.13. The highest BCUT2D eigenvalue weighted by molar-refractivity contribution is 6.01. The molecule has 1 aliphatic rings. The fourth-order valence-electron chi connectivity index (χ4n) is 2.83. The lowest BCUT2D eigenvalue weighted by Gasteiger charge is -2.22. The van der Waals surface area contributed by atoms with Gasteiger partial charge in [-0.3, -0.25) is 9.59 Å². The van der Waals surface area contributed by atoms with Crippen molar-refractivity contribution in [3.8, 4) is 0 Å². The van der Waals surface area contributed by atoms with E-state index in [9.17, 15) is 14.4 Å². The van der Waals surface area contributed by atoms with E-state index in [2.05, 4.69) is 0 Å². The summed E-state index contributed by atoms with van der Waals surface area (Å²) < 4.78 is 4.70. The number of ether oxygens (including phenoxy) is 1. The van der Waals surface area contributed by atoms with E-state index in [-0.39, 0.29) is 24.2 Å². The lowest BCUT2D eigenvalue weighted by Crippen LogP contribution is -2.37. The molecule has 2 amide bonds. The molecule has 1 heterocycles. The largest absolute Gasteiger partial charge is 0.465 e. The number of methoxy groups -OCH3 is 1. The number of rotatable bonds is 5. The van der Waals surface area contributed by atoms with E-state index in [1.54, 1.807) is 34.1 Å². The minimum atomic E-state index is -0.450. The molecule has 0 aromatic heterocycles. The number of carbonyl (C=O) groups excluding carboxylic acids is 3. The van der Waals surface area contributed by atoms with Crippen LogP contribution in [-0.2, 0) is 14.3 Å². The zero-order valence-corrected chi connectivity index (χ0v) is 13.7. The molecule has 2 rings (SSSR count). The average molecular weight is 318 g/mol. The molecule has 1 aromatic carbocycles. The molecule has 0 spiro atoms. The summed E-state index contributed by atoms with van der Waals surface area (Å²) in [4.78, 5) is 39.6. The van der Waals surface area contributed by atoms with Crippen LogP contribution >= 0.6 is 0 Å². The molecule has 0 radical (unpaired) electrons. The lowest BCUT2D eigenvalue weighted by molar-refractivity contribution is -0.135. The highest BCUT2D eigenvalue weighted by Gasteiger charge is 2.36. The lowest BCUT2D eigenvalue weighted by atomic mass is 10.1. The Kier molecular flexibility index (Phi) is 5.36. The second-order valence-electron chi connectivity index (χ2n) is 5.46. The smallest absolute Gasteiger partial charge is 0.337 e. The van der Waals surface area contributed by atoms with Crippen molar-refractivity contribution >= 4 is 23.5 Å². The van der Waals surface area contributed by atoms with E-state index in [0.29, 0.717) is 30.9 Å². The number of amides is 2. The Hall–Kier alpha value is -2.37. The molecule has 1 aliphatic heterocycles. The number of hydrogen-bond acceptors (Lipinski definition) is 4. The molecule has 23 heavy (non-hydrogen) atoms. The van der Waals surface area contributed by atoms with Crippen molar-refractivity contribution in [2.45, 2.75) is 20.3 Å². The molecule has 1 aromatic rings. The van der Waals surface area contributed by atoms with Crippen LogP contribution in [0.25, 0.3) is 0 Å². The number of nitrogens with zero attached hydrogens (tertiary/aromatic N) is 2. The van der Waals surface area contributed by atoms with E-state index in [0.717, 1.165) is 0 Å². The normalized spacial score (nSPS) is 17.3. The summed E-state index contributed by atoms with van der Waals surface area (Å²) in [6.45, 7) is 5.47. The van der Waals surface area contributed by atoms with Gasteiger partial charge in [-0.05, 0) is 32.0 Å². The van der Waals surface area contributed by atoms with Crippen LogP contribution in [0.5, 0.6) is 0 Å². The average Bonchev–Trinajstić information content (AvgIpc) is 2.97. The van der Waals surface area contributed by atoms with Crippen molar-refractivity contribution in [3.63, 3.8) is 0 Å². The van der Waals surface area contributed by atoms with Crippen LogP contribution in [0.4, 0.5) is 5.69 Å². The molecular weight excluding hydrogens is 296 g/mol. The van der Waals surface area contributed by atoms with Gasteiger partial charge in [-0.15, -0.1) is 0 Å². The third-order valence-electron chi connectivity index (χ3n) is 4.13. The van der Waals surface area contributed by atoms with Crippen molar-refractivity contribution in [3.05, 3.63) is 29.8 Å². The van der Waals surface area contributed by atoms with Crippen molar-refractivity contribution in [2.75, 3.05) is 31.6 Å². The topological polar surface area (TPSA) is 66.9 Å². The Balaban J connectivity index is 2.17. The number of esters is 1. The molecule has 0 saturated carbocycles. The maximum Gasteiger partial charge on any atom is 0.337 e. The number of carbonyl (C=O) groups is 3. The molecule has 6 heteroatoms. The maximum absolute atomic E-state index is 12.4. The fraction of sp³-hybridized carbons (Fsp3) is 0.471. The zero-order valence-electron chi connectivity index (χ0n) is 13.7. The second-order valence-corrected chi connectivity index (χ2v) is 5.46. The predicted octanol–water partition coefficient (Wildman–Crippen LogP) is 1.69. The van der Waals surface area contributed by atoms with Crippen molar-refractivity contribution in [2.24, 2.45) is 5.92 Å². The molecule has 124 valence electrons. The Morgan fingerprint density at radius 1 is 1.30 bits per heavy atom. The van der Waals surface area contributed by atoms with Crippen LogP contribution in [0, 0.1) is 5.92 Å². The summed E-state index contributed by atoms with van der Waals surface area (Å²) in [5, 5.41) is 0. The first-order valence-corrected chi connectivity index (χ1v) is 7.79. The van der Waals surface area contributed by atoms with E-state index in [1.165, 1.54) is 7.11 Å². The monoisotopic (exact) mass is 318 g/mol. The number of anilines is 1. The molecule has 0 N–H and O–H groups in total. The van der Waals surface area contributed by atoms with Crippen molar-refractivity contribution in [1.82, 2.24) is 4.90 Å². The van der Waals surface area contributed by atoms with Crippen LogP contribution in [0.2, 0.25) is 0 Å². The minimum absolute atomic E-state index is 0.00923. The van der Waals surface area contributed by atoms with Crippen LogP contribution in [-0.4, -0.2) is 49.4 Å². The third kappa shape index (κ3) is 3.52. The van der Waals surface area contributed by atoms with E-state index < -0.39 is 5.97 Å².